The molecule has 2 N–H and O–H groups in total. The fourth-order valence-corrected chi connectivity index (χ4v) is 4.98. The standard InChI is InChI=1S/C22H31FN2O5S/c1-4-9-22(5-2,6-3)14-30-20-11-19(23)18(10-17(20)15-7-8-15)21(27)24-31(28,29)25-12-16(26)13-25/h4,10-11,15-16,26H,1,5-9,12-14H2,2-3H3,(H,24,27). The Bertz CT molecular complexity index is 935. The Kier molecular flexibility index (Phi) is 7.08. The largest absolute Gasteiger partial charge is 0.493 e. The van der Waals surface area contributed by atoms with E-state index in [0.717, 1.165) is 42.0 Å². The molecule has 1 heterocycles. The molecule has 1 aliphatic heterocycles. The molecule has 31 heavy (non-hydrogen) atoms. The molecule has 0 radical (unpaired) electrons. The molecule has 1 aromatic rings. The van der Waals surface area contributed by atoms with Gasteiger partial charge >= 0.3 is 10.2 Å². The van der Waals surface area contributed by atoms with Crippen LogP contribution in [0.5, 0.6) is 5.75 Å². The molecule has 0 unspecified atom stereocenters. The lowest BCUT2D eigenvalue weighted by Gasteiger charge is -2.34. The molecular formula is C22H31FN2O5S. The summed E-state index contributed by atoms with van der Waals surface area (Å²) < 4.78 is 48.1. The molecule has 0 spiro atoms. The van der Waals surface area contributed by atoms with Crippen LogP contribution in [0.25, 0.3) is 0 Å². The third-order valence-corrected chi connectivity index (χ3v) is 7.78. The maximum atomic E-state index is 14.8. The molecule has 1 amide bonds. The molecule has 172 valence electrons. The number of aliphatic hydroxyl groups is 1. The van der Waals surface area contributed by atoms with Gasteiger partial charge in [-0.1, -0.05) is 19.9 Å². The van der Waals surface area contributed by atoms with Gasteiger partial charge < -0.3 is 9.84 Å². The van der Waals surface area contributed by atoms with Crippen LogP contribution < -0.4 is 9.46 Å². The molecule has 1 aromatic carbocycles. The van der Waals surface area contributed by atoms with E-state index in [2.05, 4.69) is 20.4 Å². The molecular weight excluding hydrogens is 423 g/mol. The summed E-state index contributed by atoms with van der Waals surface area (Å²) in [4.78, 5) is 12.5. The zero-order chi connectivity index (χ0) is 22.8. The highest BCUT2D eigenvalue weighted by Gasteiger charge is 2.37. The predicted octanol–water partition coefficient (Wildman–Crippen LogP) is 3.12. The summed E-state index contributed by atoms with van der Waals surface area (Å²) in [6.45, 7) is 8.22. The topological polar surface area (TPSA) is 95.9 Å². The van der Waals surface area contributed by atoms with Crippen molar-refractivity contribution < 1.29 is 27.4 Å². The van der Waals surface area contributed by atoms with Crippen LogP contribution in [0.1, 0.15) is 67.8 Å². The van der Waals surface area contributed by atoms with E-state index in [9.17, 15) is 22.7 Å². The van der Waals surface area contributed by atoms with E-state index < -0.39 is 28.0 Å². The lowest BCUT2D eigenvalue weighted by Crippen LogP contribution is -2.57. The number of rotatable bonds is 11. The van der Waals surface area contributed by atoms with E-state index in [1.165, 1.54) is 12.1 Å². The molecule has 2 aliphatic rings. The first-order valence-electron chi connectivity index (χ1n) is 10.7. The number of ether oxygens (including phenoxy) is 1. The van der Waals surface area contributed by atoms with Crippen molar-refractivity contribution in [3.63, 3.8) is 0 Å². The third kappa shape index (κ3) is 5.27. The van der Waals surface area contributed by atoms with Crippen LogP contribution in [0.2, 0.25) is 0 Å². The summed E-state index contributed by atoms with van der Waals surface area (Å²) in [5.41, 5.74) is 0.301. The average Bonchev–Trinajstić information content (AvgIpc) is 3.53. The van der Waals surface area contributed by atoms with Gasteiger partial charge in [0, 0.05) is 24.6 Å². The van der Waals surface area contributed by atoms with Crippen LogP contribution in [0, 0.1) is 11.2 Å². The summed E-state index contributed by atoms with van der Waals surface area (Å²) in [7, 11) is -4.12. The molecule has 2 fully saturated rings. The highest BCUT2D eigenvalue weighted by Crippen LogP contribution is 2.45. The highest BCUT2D eigenvalue weighted by molar-refractivity contribution is 7.87. The number of benzene rings is 1. The number of β-amino-alcohol motifs (C(OH)–C–C–N with tert-alkyl or cyclic N) is 1. The van der Waals surface area contributed by atoms with E-state index in [1.54, 1.807) is 0 Å². The molecule has 0 bridgehead atoms. The first kappa shape index (κ1) is 23.7. The molecule has 9 heteroatoms. The van der Waals surface area contributed by atoms with Crippen molar-refractivity contribution in [3.05, 3.63) is 41.7 Å². The van der Waals surface area contributed by atoms with Crippen molar-refractivity contribution >= 4 is 16.1 Å². The number of amides is 1. The summed E-state index contributed by atoms with van der Waals surface area (Å²) in [6.07, 6.45) is 5.49. The molecule has 0 aromatic heterocycles. The quantitative estimate of drug-likeness (QED) is 0.501. The predicted molar refractivity (Wildman–Crippen MR) is 116 cm³/mol. The molecule has 1 aliphatic carbocycles. The lowest BCUT2D eigenvalue weighted by molar-refractivity contribution is 0.0535. The van der Waals surface area contributed by atoms with E-state index >= 15 is 0 Å². The van der Waals surface area contributed by atoms with Gasteiger partial charge in [-0.05, 0) is 49.7 Å². The number of carbonyl (C=O) groups is 1. The molecule has 0 atom stereocenters. The first-order chi connectivity index (χ1) is 14.6. The van der Waals surface area contributed by atoms with Gasteiger partial charge in [-0.3, -0.25) is 4.79 Å². The second-order valence-corrected chi connectivity index (χ2v) is 10.2. The second kappa shape index (κ2) is 9.26. The van der Waals surface area contributed by atoms with Crippen molar-refractivity contribution in [2.24, 2.45) is 5.41 Å². The smallest absolute Gasteiger partial charge is 0.304 e. The van der Waals surface area contributed by atoms with Crippen molar-refractivity contribution in [2.45, 2.75) is 58.0 Å². The fourth-order valence-electron chi connectivity index (χ4n) is 3.77. The Balaban J connectivity index is 1.80. The van der Waals surface area contributed by atoms with Crippen molar-refractivity contribution in [1.29, 1.82) is 0 Å². The van der Waals surface area contributed by atoms with Crippen LogP contribution in [0.4, 0.5) is 4.39 Å². The zero-order valence-electron chi connectivity index (χ0n) is 18.1. The lowest BCUT2D eigenvalue weighted by atomic mass is 9.80. The summed E-state index contributed by atoms with van der Waals surface area (Å²) >= 11 is 0. The van der Waals surface area contributed by atoms with Gasteiger partial charge in [0.05, 0.1) is 18.3 Å². The Hall–Kier alpha value is -1.97. The first-order valence-corrected chi connectivity index (χ1v) is 12.2. The summed E-state index contributed by atoms with van der Waals surface area (Å²) in [6, 6.07) is 2.60. The Morgan fingerprint density at radius 1 is 1.35 bits per heavy atom. The minimum absolute atomic E-state index is 0.0908. The van der Waals surface area contributed by atoms with Crippen molar-refractivity contribution in [2.75, 3.05) is 19.7 Å². The molecule has 7 nitrogen and oxygen atoms in total. The van der Waals surface area contributed by atoms with Crippen LogP contribution in [-0.2, 0) is 10.2 Å². The summed E-state index contributed by atoms with van der Waals surface area (Å²) in [5, 5.41) is 9.29. The van der Waals surface area contributed by atoms with Crippen molar-refractivity contribution in [1.82, 2.24) is 9.03 Å². The highest BCUT2D eigenvalue weighted by atomic mass is 32.2. The maximum Gasteiger partial charge on any atom is 0.304 e. The van der Waals surface area contributed by atoms with E-state index in [-0.39, 0.29) is 30.0 Å². The van der Waals surface area contributed by atoms with Crippen molar-refractivity contribution in [3.8, 4) is 5.75 Å². The van der Waals surface area contributed by atoms with Crippen LogP contribution >= 0.6 is 0 Å². The third-order valence-electron chi connectivity index (χ3n) is 6.36. The van der Waals surface area contributed by atoms with Gasteiger partial charge in [-0.25, -0.2) is 9.11 Å². The number of hydrogen-bond acceptors (Lipinski definition) is 5. The second-order valence-electron chi connectivity index (χ2n) is 8.54. The maximum absolute atomic E-state index is 14.8. The Morgan fingerprint density at radius 2 is 2.00 bits per heavy atom. The molecule has 1 saturated heterocycles. The van der Waals surface area contributed by atoms with Crippen LogP contribution in [0.15, 0.2) is 24.8 Å². The van der Waals surface area contributed by atoms with Gasteiger partial charge in [0.15, 0.2) is 0 Å². The Morgan fingerprint density at radius 3 is 2.52 bits per heavy atom. The fraction of sp³-hybridized carbons (Fsp3) is 0.591. The monoisotopic (exact) mass is 454 g/mol. The number of halogens is 1. The molecule has 3 rings (SSSR count). The van der Waals surface area contributed by atoms with Gasteiger partial charge in [-0.2, -0.15) is 12.7 Å². The van der Waals surface area contributed by atoms with Gasteiger partial charge in [0.1, 0.15) is 11.6 Å². The SMILES string of the molecule is C=CCC(CC)(CC)COc1cc(F)c(C(=O)NS(=O)(=O)N2CC(O)C2)cc1C1CC1. The van der Waals surface area contributed by atoms with Crippen LogP contribution in [0.3, 0.4) is 0 Å². The van der Waals surface area contributed by atoms with E-state index in [0.29, 0.717) is 12.4 Å². The minimum Gasteiger partial charge on any atom is -0.493 e. The number of nitrogens with zero attached hydrogens (tertiary/aromatic N) is 1. The average molecular weight is 455 g/mol. The van der Waals surface area contributed by atoms with Gasteiger partial charge in [0.25, 0.3) is 5.91 Å². The number of allylic oxidation sites excluding steroid dienone is 1. The molecule has 1 saturated carbocycles. The zero-order valence-corrected chi connectivity index (χ0v) is 18.9. The van der Waals surface area contributed by atoms with E-state index in [1.807, 2.05) is 10.8 Å². The summed E-state index contributed by atoms with van der Waals surface area (Å²) in [5.74, 6) is -1.30. The van der Waals surface area contributed by atoms with Gasteiger partial charge in [0.2, 0.25) is 0 Å². The number of aliphatic hydroxyl groups excluding tert-OH is 1. The van der Waals surface area contributed by atoms with Gasteiger partial charge in [-0.15, -0.1) is 6.58 Å². The Labute approximate surface area is 183 Å². The number of hydrogen-bond donors (Lipinski definition) is 2. The number of carbonyl (C=O) groups excluding carboxylic acids is 1. The number of nitrogens with one attached hydrogen (secondary N) is 1. The van der Waals surface area contributed by atoms with Crippen LogP contribution in [-0.4, -0.2) is 49.5 Å². The minimum atomic E-state index is -4.12. The van der Waals surface area contributed by atoms with E-state index in [4.69, 9.17) is 4.74 Å². The normalized spacial score (nSPS) is 17.8.